The van der Waals surface area contributed by atoms with E-state index in [4.69, 9.17) is 4.52 Å². The molecule has 2 amide bonds. The maximum atomic E-state index is 12.7. The number of likely N-dealkylation sites (tertiary alicyclic amines) is 1. The Hall–Kier alpha value is -2.77. The van der Waals surface area contributed by atoms with Crippen molar-refractivity contribution in [1.29, 1.82) is 0 Å². The van der Waals surface area contributed by atoms with Gasteiger partial charge in [0.15, 0.2) is 5.82 Å². The summed E-state index contributed by atoms with van der Waals surface area (Å²) < 4.78 is 5.58. The zero-order valence-corrected chi connectivity index (χ0v) is 17.3. The van der Waals surface area contributed by atoms with E-state index in [1.807, 2.05) is 25.7 Å². The van der Waals surface area contributed by atoms with Crippen LogP contribution < -0.4 is 5.32 Å². The zero-order chi connectivity index (χ0) is 20.8. The summed E-state index contributed by atoms with van der Waals surface area (Å²) in [6.07, 6.45) is 3.10. The Bertz CT molecular complexity index is 940. The van der Waals surface area contributed by atoms with E-state index in [1.165, 1.54) is 0 Å². The number of carbonyl (C=O) groups is 2. The van der Waals surface area contributed by atoms with E-state index in [0.29, 0.717) is 36.8 Å². The van der Waals surface area contributed by atoms with E-state index < -0.39 is 5.41 Å². The van der Waals surface area contributed by atoms with Crippen LogP contribution in [0.3, 0.4) is 0 Å². The third-order valence-corrected chi connectivity index (χ3v) is 6.13. The van der Waals surface area contributed by atoms with Gasteiger partial charge in [0, 0.05) is 42.5 Å². The second kappa shape index (κ2) is 7.24. The summed E-state index contributed by atoms with van der Waals surface area (Å²) >= 11 is 0. The molecule has 2 aliphatic rings. The number of rotatable bonds is 4. The molecule has 0 unspecified atom stereocenters. The fourth-order valence-electron chi connectivity index (χ4n) is 4.80. The summed E-state index contributed by atoms with van der Waals surface area (Å²) in [5, 5.41) is 7.14. The zero-order valence-electron chi connectivity index (χ0n) is 17.3. The number of aryl methyl sites for hydroxylation is 2. The van der Waals surface area contributed by atoms with E-state index in [1.54, 1.807) is 25.3 Å². The second-order valence-electron chi connectivity index (χ2n) is 8.67. The molecule has 1 saturated carbocycles. The largest absolute Gasteiger partial charge is 0.349 e. The lowest BCUT2D eigenvalue weighted by Gasteiger charge is -2.26. The molecule has 4 rings (SSSR count). The van der Waals surface area contributed by atoms with Gasteiger partial charge in [-0.3, -0.25) is 14.6 Å². The fourth-order valence-corrected chi connectivity index (χ4v) is 4.80. The van der Waals surface area contributed by atoms with Gasteiger partial charge in [-0.25, -0.2) is 0 Å². The summed E-state index contributed by atoms with van der Waals surface area (Å²) in [6, 6.07) is 3.49. The molecule has 0 radical (unpaired) electrons. The molecular formula is C21H27N5O3. The van der Waals surface area contributed by atoms with Gasteiger partial charge in [0.1, 0.15) is 0 Å². The molecule has 2 aromatic rings. The monoisotopic (exact) mass is 397 g/mol. The van der Waals surface area contributed by atoms with Crippen LogP contribution >= 0.6 is 0 Å². The highest BCUT2D eigenvalue weighted by Gasteiger charge is 2.58. The second-order valence-corrected chi connectivity index (χ2v) is 8.67. The van der Waals surface area contributed by atoms with Crippen molar-refractivity contribution < 1.29 is 14.1 Å². The van der Waals surface area contributed by atoms with Crippen molar-refractivity contribution in [3.63, 3.8) is 0 Å². The normalized spacial score (nSPS) is 26.0. The molecule has 29 heavy (non-hydrogen) atoms. The molecule has 0 bridgehead atoms. The van der Waals surface area contributed by atoms with Crippen molar-refractivity contribution in [3.8, 4) is 0 Å². The molecule has 0 aromatic carbocycles. The first-order chi connectivity index (χ1) is 13.8. The molecule has 1 aliphatic carbocycles. The van der Waals surface area contributed by atoms with E-state index in [9.17, 15) is 9.59 Å². The molecule has 1 saturated heterocycles. The Balaban J connectivity index is 1.56. The quantitative estimate of drug-likeness (QED) is 0.847. The maximum Gasteiger partial charge on any atom is 0.251 e. The van der Waals surface area contributed by atoms with Crippen LogP contribution in [0.15, 0.2) is 22.9 Å². The number of hydrogen-bond acceptors (Lipinski definition) is 6. The van der Waals surface area contributed by atoms with Crippen molar-refractivity contribution >= 4 is 11.8 Å². The number of aromatic nitrogens is 3. The number of carbonyl (C=O) groups excluding carboxylic acids is 2. The van der Waals surface area contributed by atoms with Crippen molar-refractivity contribution in [2.75, 3.05) is 13.1 Å². The van der Waals surface area contributed by atoms with Crippen LogP contribution in [0.5, 0.6) is 0 Å². The van der Waals surface area contributed by atoms with E-state index in [-0.39, 0.29) is 29.7 Å². The maximum absolute atomic E-state index is 12.7. The first-order valence-electron chi connectivity index (χ1n) is 10.1. The van der Waals surface area contributed by atoms with Crippen molar-refractivity contribution in [2.24, 2.45) is 11.8 Å². The molecule has 1 N–H and O–H groups in total. The summed E-state index contributed by atoms with van der Waals surface area (Å²) in [4.78, 5) is 35.9. The molecule has 8 nitrogen and oxygen atoms in total. The SMILES string of the molecule is Cc1cc(C(=O)N[C@@H]2C[C@H]3CN(C(=O)C(C)C)C[C@@]3(c3nc(C)no3)C2)ccn1. The predicted octanol–water partition coefficient (Wildman–Crippen LogP) is 2.03. The predicted molar refractivity (Wildman–Crippen MR) is 105 cm³/mol. The van der Waals surface area contributed by atoms with Crippen LogP contribution in [0.1, 0.15) is 54.5 Å². The smallest absolute Gasteiger partial charge is 0.251 e. The van der Waals surface area contributed by atoms with E-state index in [2.05, 4.69) is 20.4 Å². The summed E-state index contributed by atoms with van der Waals surface area (Å²) in [6.45, 7) is 8.70. The van der Waals surface area contributed by atoms with Gasteiger partial charge in [-0.1, -0.05) is 19.0 Å². The van der Waals surface area contributed by atoms with Gasteiger partial charge < -0.3 is 14.7 Å². The van der Waals surface area contributed by atoms with Gasteiger partial charge in [-0.15, -0.1) is 0 Å². The molecule has 0 spiro atoms. The minimum atomic E-state index is -0.405. The highest BCUT2D eigenvalue weighted by molar-refractivity contribution is 5.94. The Labute approximate surface area is 170 Å². The lowest BCUT2D eigenvalue weighted by molar-refractivity contribution is -0.133. The van der Waals surface area contributed by atoms with Gasteiger partial charge in [-0.05, 0) is 44.7 Å². The molecular weight excluding hydrogens is 370 g/mol. The first kappa shape index (κ1) is 19.5. The third kappa shape index (κ3) is 3.52. The van der Waals surface area contributed by atoms with Gasteiger partial charge >= 0.3 is 0 Å². The van der Waals surface area contributed by atoms with Crippen LogP contribution in [0.4, 0.5) is 0 Å². The minimum Gasteiger partial charge on any atom is -0.349 e. The Morgan fingerprint density at radius 3 is 2.79 bits per heavy atom. The number of nitrogens with one attached hydrogen (secondary N) is 1. The van der Waals surface area contributed by atoms with Crippen molar-refractivity contribution in [3.05, 3.63) is 41.3 Å². The topological polar surface area (TPSA) is 101 Å². The molecule has 3 atom stereocenters. The average molecular weight is 397 g/mol. The standard InChI is InChI=1S/C21H27N5O3/c1-12(2)19(28)26-10-16-8-17(24-18(27)15-5-6-22-13(3)7-15)9-21(16,11-26)20-23-14(4)25-29-20/h5-7,12,16-17H,8-11H2,1-4H3,(H,24,27)/t16-,17+,21-/m0/s1. The number of fused-ring (bicyclic) bond motifs is 1. The van der Waals surface area contributed by atoms with Gasteiger partial charge in [0.05, 0.1) is 5.41 Å². The number of nitrogens with zero attached hydrogens (tertiary/aromatic N) is 4. The van der Waals surface area contributed by atoms with Gasteiger partial charge in [0.2, 0.25) is 11.8 Å². The molecule has 8 heteroatoms. The number of hydrogen-bond donors (Lipinski definition) is 1. The lowest BCUT2D eigenvalue weighted by Crippen LogP contribution is -2.40. The highest BCUT2D eigenvalue weighted by atomic mass is 16.5. The van der Waals surface area contributed by atoms with Crippen LogP contribution in [-0.4, -0.2) is 51.0 Å². The Kier molecular flexibility index (Phi) is 4.88. The van der Waals surface area contributed by atoms with Gasteiger partial charge in [0.25, 0.3) is 5.91 Å². The van der Waals surface area contributed by atoms with Crippen molar-refractivity contribution in [2.45, 2.75) is 52.0 Å². The van der Waals surface area contributed by atoms with Gasteiger partial charge in [-0.2, -0.15) is 4.98 Å². The Morgan fingerprint density at radius 2 is 2.14 bits per heavy atom. The summed E-state index contributed by atoms with van der Waals surface area (Å²) in [7, 11) is 0. The molecule has 1 aliphatic heterocycles. The average Bonchev–Trinajstić information content (AvgIpc) is 3.33. The first-order valence-corrected chi connectivity index (χ1v) is 10.1. The third-order valence-electron chi connectivity index (χ3n) is 6.13. The van der Waals surface area contributed by atoms with Crippen LogP contribution in [-0.2, 0) is 10.2 Å². The van der Waals surface area contributed by atoms with Crippen LogP contribution in [0.25, 0.3) is 0 Å². The van der Waals surface area contributed by atoms with Crippen LogP contribution in [0, 0.1) is 25.7 Å². The van der Waals surface area contributed by atoms with Crippen LogP contribution in [0.2, 0.25) is 0 Å². The summed E-state index contributed by atoms with van der Waals surface area (Å²) in [5.74, 6) is 1.32. The highest BCUT2D eigenvalue weighted by Crippen LogP contribution is 2.50. The lowest BCUT2D eigenvalue weighted by atomic mass is 9.80. The Morgan fingerprint density at radius 1 is 1.34 bits per heavy atom. The minimum absolute atomic E-state index is 0.00974. The molecule has 3 heterocycles. The fraction of sp³-hybridized carbons (Fsp3) is 0.571. The molecule has 2 aromatic heterocycles. The van der Waals surface area contributed by atoms with E-state index in [0.717, 1.165) is 12.1 Å². The number of pyridine rings is 1. The number of amides is 2. The van der Waals surface area contributed by atoms with Crippen molar-refractivity contribution in [1.82, 2.24) is 25.3 Å². The molecule has 154 valence electrons. The summed E-state index contributed by atoms with van der Waals surface area (Å²) in [5.41, 5.74) is 1.01. The molecule has 2 fully saturated rings. The van der Waals surface area contributed by atoms with E-state index >= 15 is 0 Å².